The normalized spacial score (nSPS) is 12.1. The molecular formula is C19H19FN2O3. The lowest BCUT2D eigenvalue weighted by atomic mass is 10.2. The molecule has 6 heteroatoms. The van der Waals surface area contributed by atoms with Crippen LogP contribution in [0.3, 0.4) is 0 Å². The number of pyridine rings is 1. The highest BCUT2D eigenvalue weighted by atomic mass is 19.1. The first-order valence-corrected chi connectivity index (χ1v) is 7.97. The monoisotopic (exact) mass is 342 g/mol. The van der Waals surface area contributed by atoms with Crippen molar-refractivity contribution in [2.75, 3.05) is 11.9 Å². The second kappa shape index (κ2) is 7.36. The third kappa shape index (κ3) is 4.36. The van der Waals surface area contributed by atoms with E-state index in [9.17, 15) is 14.3 Å². The fraction of sp³-hybridized carbons (Fsp3) is 0.211. The predicted molar refractivity (Wildman–Crippen MR) is 95.5 cm³/mol. The van der Waals surface area contributed by atoms with Crippen LogP contribution in [-0.2, 0) is 6.54 Å². The topological polar surface area (TPSA) is 74.3 Å². The lowest BCUT2D eigenvalue weighted by molar-refractivity contribution is 0.123. The van der Waals surface area contributed by atoms with E-state index < -0.39 is 6.10 Å². The number of benzene rings is 2. The van der Waals surface area contributed by atoms with E-state index >= 15 is 0 Å². The molecule has 0 unspecified atom stereocenters. The molecule has 3 rings (SSSR count). The van der Waals surface area contributed by atoms with Crippen molar-refractivity contribution in [2.24, 2.45) is 0 Å². The van der Waals surface area contributed by atoms with Gasteiger partial charge in [0.25, 0.3) is 5.56 Å². The summed E-state index contributed by atoms with van der Waals surface area (Å²) in [6, 6.07) is 13.1. The molecule has 1 atom stereocenters. The Kier molecular flexibility index (Phi) is 5.00. The highest BCUT2D eigenvalue weighted by Gasteiger charge is 2.05. The van der Waals surface area contributed by atoms with Crippen LogP contribution in [0, 0.1) is 5.82 Å². The molecule has 25 heavy (non-hydrogen) atoms. The number of aromatic amines is 1. The number of fused-ring (bicyclic) bond motifs is 1. The highest BCUT2D eigenvalue weighted by molar-refractivity contribution is 5.82. The number of aliphatic hydroxyl groups excluding tert-OH is 1. The quantitative estimate of drug-likeness (QED) is 0.644. The molecule has 5 nitrogen and oxygen atoms in total. The molecule has 0 saturated carbocycles. The van der Waals surface area contributed by atoms with Gasteiger partial charge in [0.2, 0.25) is 0 Å². The first-order valence-electron chi connectivity index (χ1n) is 7.97. The van der Waals surface area contributed by atoms with Crippen LogP contribution in [0.1, 0.15) is 12.5 Å². The summed E-state index contributed by atoms with van der Waals surface area (Å²) in [5.41, 5.74) is 1.76. The second-order valence-electron chi connectivity index (χ2n) is 5.90. The SMILES string of the molecule is C[C@@H](O)COc1ccc2[nH]c(=O)c(NCc3ccc(F)cc3)cc2c1. The molecule has 0 amide bonds. The Bertz CT molecular complexity index is 920. The first kappa shape index (κ1) is 17.0. The summed E-state index contributed by atoms with van der Waals surface area (Å²) in [5, 5.41) is 13.2. The summed E-state index contributed by atoms with van der Waals surface area (Å²) in [6.45, 7) is 2.26. The van der Waals surface area contributed by atoms with Gasteiger partial charge in [-0.1, -0.05) is 12.1 Å². The van der Waals surface area contributed by atoms with Gasteiger partial charge in [0.15, 0.2) is 0 Å². The van der Waals surface area contributed by atoms with E-state index in [2.05, 4.69) is 10.3 Å². The summed E-state index contributed by atoms with van der Waals surface area (Å²) in [5.74, 6) is 0.321. The van der Waals surface area contributed by atoms with Crippen LogP contribution in [-0.4, -0.2) is 22.8 Å². The molecule has 3 N–H and O–H groups in total. The van der Waals surface area contributed by atoms with Crippen LogP contribution in [0.4, 0.5) is 10.1 Å². The van der Waals surface area contributed by atoms with E-state index in [1.807, 2.05) is 0 Å². The molecule has 0 saturated heterocycles. The Hall–Kier alpha value is -2.86. The fourth-order valence-electron chi connectivity index (χ4n) is 2.42. The van der Waals surface area contributed by atoms with E-state index in [1.54, 1.807) is 43.3 Å². The number of ether oxygens (including phenoxy) is 1. The van der Waals surface area contributed by atoms with E-state index in [0.717, 1.165) is 10.9 Å². The number of hydrogen-bond acceptors (Lipinski definition) is 4. The molecule has 2 aromatic carbocycles. The maximum atomic E-state index is 12.9. The number of aromatic nitrogens is 1. The van der Waals surface area contributed by atoms with Gasteiger partial charge in [0.05, 0.1) is 6.10 Å². The Morgan fingerprint density at radius 1 is 1.20 bits per heavy atom. The maximum Gasteiger partial charge on any atom is 0.271 e. The Labute approximate surface area is 144 Å². The van der Waals surface area contributed by atoms with E-state index in [0.29, 0.717) is 23.5 Å². The molecule has 0 aliphatic carbocycles. The zero-order valence-electron chi connectivity index (χ0n) is 13.8. The summed E-state index contributed by atoms with van der Waals surface area (Å²) >= 11 is 0. The summed E-state index contributed by atoms with van der Waals surface area (Å²) in [6.07, 6.45) is -0.556. The van der Waals surface area contributed by atoms with Gasteiger partial charge in [-0.25, -0.2) is 4.39 Å². The molecule has 0 aliphatic rings. The minimum atomic E-state index is -0.556. The van der Waals surface area contributed by atoms with Crippen LogP contribution < -0.4 is 15.6 Å². The number of H-pyrrole nitrogens is 1. The number of halogens is 1. The van der Waals surface area contributed by atoms with Crippen LogP contribution in [0.15, 0.2) is 53.3 Å². The smallest absolute Gasteiger partial charge is 0.271 e. The van der Waals surface area contributed by atoms with Crippen molar-refractivity contribution in [3.63, 3.8) is 0 Å². The minimum absolute atomic E-state index is 0.199. The van der Waals surface area contributed by atoms with Crippen LogP contribution in [0.5, 0.6) is 5.75 Å². The van der Waals surface area contributed by atoms with Gasteiger partial charge >= 0.3 is 0 Å². The largest absolute Gasteiger partial charge is 0.491 e. The third-order valence-corrected chi connectivity index (χ3v) is 3.70. The lowest BCUT2D eigenvalue weighted by Crippen LogP contribution is -2.14. The molecule has 130 valence electrons. The summed E-state index contributed by atoms with van der Waals surface area (Å²) in [7, 11) is 0. The van der Waals surface area contributed by atoms with E-state index in [1.165, 1.54) is 12.1 Å². The molecule has 1 aromatic heterocycles. The molecular weight excluding hydrogens is 323 g/mol. The van der Waals surface area contributed by atoms with Gasteiger partial charge in [-0.2, -0.15) is 0 Å². The summed E-state index contributed by atoms with van der Waals surface area (Å²) in [4.78, 5) is 15.0. The summed E-state index contributed by atoms with van der Waals surface area (Å²) < 4.78 is 18.4. The van der Waals surface area contributed by atoms with Gasteiger partial charge in [-0.15, -0.1) is 0 Å². The third-order valence-electron chi connectivity index (χ3n) is 3.70. The van der Waals surface area contributed by atoms with Crippen LogP contribution in [0.2, 0.25) is 0 Å². The molecule has 1 heterocycles. The predicted octanol–water partition coefficient (Wildman–Crippen LogP) is 3.04. The maximum absolute atomic E-state index is 12.9. The Morgan fingerprint density at radius 2 is 1.96 bits per heavy atom. The molecule has 3 aromatic rings. The van der Waals surface area contributed by atoms with Crippen LogP contribution >= 0.6 is 0 Å². The second-order valence-corrected chi connectivity index (χ2v) is 5.90. The average Bonchev–Trinajstić information content (AvgIpc) is 2.59. The lowest BCUT2D eigenvalue weighted by Gasteiger charge is -2.10. The van der Waals surface area contributed by atoms with Gasteiger partial charge in [-0.05, 0) is 48.9 Å². The number of nitrogens with one attached hydrogen (secondary N) is 2. The first-order chi connectivity index (χ1) is 12.0. The number of aliphatic hydroxyl groups is 1. The van der Waals surface area contributed by atoms with E-state index in [-0.39, 0.29) is 18.0 Å². The highest BCUT2D eigenvalue weighted by Crippen LogP contribution is 2.21. The van der Waals surface area contributed by atoms with Crippen molar-refractivity contribution < 1.29 is 14.2 Å². The van der Waals surface area contributed by atoms with Crippen molar-refractivity contribution in [2.45, 2.75) is 19.6 Å². The standard InChI is InChI=1S/C19H19FN2O3/c1-12(23)11-25-16-6-7-17-14(8-16)9-18(19(24)22-17)21-10-13-2-4-15(20)5-3-13/h2-9,12,21,23H,10-11H2,1H3,(H,22,24)/t12-/m1/s1. The molecule has 0 radical (unpaired) electrons. The molecule has 0 bridgehead atoms. The van der Waals surface area contributed by atoms with Crippen LogP contribution in [0.25, 0.3) is 10.9 Å². The zero-order chi connectivity index (χ0) is 17.8. The van der Waals surface area contributed by atoms with Crippen molar-refractivity contribution >= 4 is 16.6 Å². The molecule has 0 fully saturated rings. The van der Waals surface area contributed by atoms with Gasteiger partial charge in [-0.3, -0.25) is 4.79 Å². The number of hydrogen-bond donors (Lipinski definition) is 3. The fourth-order valence-corrected chi connectivity index (χ4v) is 2.42. The Morgan fingerprint density at radius 3 is 2.68 bits per heavy atom. The van der Waals surface area contributed by atoms with E-state index in [4.69, 9.17) is 4.74 Å². The van der Waals surface area contributed by atoms with Crippen molar-refractivity contribution in [1.29, 1.82) is 0 Å². The number of anilines is 1. The van der Waals surface area contributed by atoms with Gasteiger partial charge in [0, 0.05) is 17.4 Å². The Balaban J connectivity index is 1.80. The average molecular weight is 342 g/mol. The molecule has 0 aliphatic heterocycles. The molecule has 0 spiro atoms. The zero-order valence-corrected chi connectivity index (χ0v) is 13.8. The van der Waals surface area contributed by atoms with Gasteiger partial charge in [0.1, 0.15) is 23.9 Å². The van der Waals surface area contributed by atoms with Crippen molar-refractivity contribution in [1.82, 2.24) is 4.98 Å². The van der Waals surface area contributed by atoms with Crippen molar-refractivity contribution in [3.8, 4) is 5.75 Å². The number of rotatable bonds is 6. The van der Waals surface area contributed by atoms with Gasteiger partial charge < -0.3 is 20.1 Å². The van der Waals surface area contributed by atoms with Crippen molar-refractivity contribution in [3.05, 3.63) is 70.3 Å². The minimum Gasteiger partial charge on any atom is -0.491 e.